The SMILES string of the molecule is NC(=O)CNc1ccc2c(c1)OCCCO2. The van der Waals surface area contributed by atoms with E-state index in [1.54, 1.807) is 0 Å². The first-order chi connectivity index (χ1) is 7.75. The molecule has 0 saturated heterocycles. The zero-order chi connectivity index (χ0) is 11.4. The van der Waals surface area contributed by atoms with Crippen molar-refractivity contribution in [2.24, 2.45) is 5.73 Å². The van der Waals surface area contributed by atoms with E-state index in [9.17, 15) is 4.79 Å². The van der Waals surface area contributed by atoms with Gasteiger partial charge in [-0.3, -0.25) is 4.79 Å². The Kier molecular flexibility index (Phi) is 3.14. The van der Waals surface area contributed by atoms with Gasteiger partial charge in [-0.2, -0.15) is 0 Å². The third kappa shape index (κ3) is 2.56. The van der Waals surface area contributed by atoms with Crippen molar-refractivity contribution >= 4 is 11.6 Å². The average Bonchev–Trinajstić information content (AvgIpc) is 2.50. The number of fused-ring (bicyclic) bond motifs is 1. The molecular formula is C11H14N2O3. The summed E-state index contributed by atoms with van der Waals surface area (Å²) in [6.45, 7) is 1.42. The molecule has 0 radical (unpaired) electrons. The third-order valence-corrected chi connectivity index (χ3v) is 2.21. The van der Waals surface area contributed by atoms with Crippen molar-refractivity contribution in [3.05, 3.63) is 18.2 Å². The molecule has 1 aliphatic heterocycles. The molecule has 1 amide bonds. The van der Waals surface area contributed by atoms with Gasteiger partial charge in [0.15, 0.2) is 11.5 Å². The molecule has 0 atom stereocenters. The fraction of sp³-hybridized carbons (Fsp3) is 0.364. The number of primary amides is 1. The summed E-state index contributed by atoms with van der Waals surface area (Å²) in [7, 11) is 0. The van der Waals surface area contributed by atoms with E-state index in [4.69, 9.17) is 15.2 Å². The molecule has 1 aromatic rings. The maximum Gasteiger partial charge on any atom is 0.236 e. The van der Waals surface area contributed by atoms with E-state index in [-0.39, 0.29) is 6.54 Å². The molecule has 3 N–H and O–H groups in total. The first-order valence-electron chi connectivity index (χ1n) is 5.17. The number of anilines is 1. The summed E-state index contributed by atoms with van der Waals surface area (Å²) in [4.78, 5) is 10.6. The van der Waals surface area contributed by atoms with E-state index >= 15 is 0 Å². The van der Waals surface area contributed by atoms with Crippen molar-refractivity contribution in [1.82, 2.24) is 0 Å². The molecule has 16 heavy (non-hydrogen) atoms. The smallest absolute Gasteiger partial charge is 0.236 e. The first-order valence-corrected chi connectivity index (χ1v) is 5.17. The van der Waals surface area contributed by atoms with E-state index in [1.807, 2.05) is 18.2 Å². The Bertz CT molecular complexity index is 393. The monoisotopic (exact) mass is 222 g/mol. The molecule has 1 heterocycles. The van der Waals surface area contributed by atoms with Crippen LogP contribution in [0.5, 0.6) is 11.5 Å². The number of hydrogen-bond donors (Lipinski definition) is 2. The van der Waals surface area contributed by atoms with E-state index in [1.165, 1.54) is 0 Å². The maximum atomic E-state index is 10.6. The van der Waals surface area contributed by atoms with Gasteiger partial charge in [-0.25, -0.2) is 0 Å². The van der Waals surface area contributed by atoms with Gasteiger partial charge in [-0.05, 0) is 12.1 Å². The number of benzene rings is 1. The maximum absolute atomic E-state index is 10.6. The van der Waals surface area contributed by atoms with Crippen LogP contribution in [0.15, 0.2) is 18.2 Å². The zero-order valence-corrected chi connectivity index (χ0v) is 8.86. The van der Waals surface area contributed by atoms with Gasteiger partial charge in [-0.15, -0.1) is 0 Å². The van der Waals surface area contributed by atoms with Crippen molar-refractivity contribution in [3.8, 4) is 11.5 Å². The van der Waals surface area contributed by atoms with Crippen molar-refractivity contribution in [2.45, 2.75) is 6.42 Å². The van der Waals surface area contributed by atoms with Crippen LogP contribution in [-0.2, 0) is 4.79 Å². The second-order valence-electron chi connectivity index (χ2n) is 3.53. The lowest BCUT2D eigenvalue weighted by molar-refractivity contribution is -0.116. The molecule has 2 rings (SSSR count). The minimum atomic E-state index is -0.396. The Morgan fingerprint density at radius 1 is 1.31 bits per heavy atom. The molecule has 1 aromatic carbocycles. The van der Waals surface area contributed by atoms with Crippen molar-refractivity contribution in [3.63, 3.8) is 0 Å². The van der Waals surface area contributed by atoms with Crippen LogP contribution in [0.1, 0.15) is 6.42 Å². The minimum Gasteiger partial charge on any atom is -0.490 e. The van der Waals surface area contributed by atoms with Gasteiger partial charge in [0.05, 0.1) is 19.8 Å². The van der Waals surface area contributed by atoms with Crippen LogP contribution in [0, 0.1) is 0 Å². The number of nitrogens with two attached hydrogens (primary N) is 1. The lowest BCUT2D eigenvalue weighted by atomic mass is 10.2. The lowest BCUT2D eigenvalue weighted by Crippen LogP contribution is -2.21. The molecule has 0 saturated carbocycles. The standard InChI is InChI=1S/C11H14N2O3/c12-11(14)7-13-8-2-3-9-10(6-8)16-5-1-4-15-9/h2-3,6,13H,1,4-5,7H2,(H2,12,14). The summed E-state index contributed by atoms with van der Waals surface area (Å²) in [6, 6.07) is 5.46. The number of hydrogen-bond acceptors (Lipinski definition) is 4. The molecule has 0 aromatic heterocycles. The summed E-state index contributed by atoms with van der Waals surface area (Å²) in [5.74, 6) is 1.04. The molecule has 0 fully saturated rings. The zero-order valence-electron chi connectivity index (χ0n) is 8.86. The predicted molar refractivity (Wildman–Crippen MR) is 59.7 cm³/mol. The normalized spacial score (nSPS) is 14.0. The second-order valence-corrected chi connectivity index (χ2v) is 3.53. The number of rotatable bonds is 3. The van der Waals surface area contributed by atoms with Crippen molar-refractivity contribution in [2.75, 3.05) is 25.1 Å². The molecule has 0 aliphatic carbocycles. The lowest BCUT2D eigenvalue weighted by Gasteiger charge is -2.10. The summed E-state index contributed by atoms with van der Waals surface area (Å²) in [5.41, 5.74) is 5.84. The van der Waals surface area contributed by atoms with Crippen molar-refractivity contribution in [1.29, 1.82) is 0 Å². The van der Waals surface area contributed by atoms with Gasteiger partial charge >= 0.3 is 0 Å². The fourth-order valence-corrected chi connectivity index (χ4v) is 1.46. The van der Waals surface area contributed by atoms with Crippen LogP contribution >= 0.6 is 0 Å². The summed E-state index contributed by atoms with van der Waals surface area (Å²) < 4.78 is 11.0. The number of ether oxygens (including phenoxy) is 2. The second kappa shape index (κ2) is 4.74. The first kappa shape index (κ1) is 10.6. The Morgan fingerprint density at radius 3 is 2.81 bits per heavy atom. The van der Waals surface area contributed by atoms with Gasteiger partial charge in [0, 0.05) is 18.2 Å². The number of carbonyl (C=O) groups excluding carboxylic acids is 1. The van der Waals surface area contributed by atoms with Crippen LogP contribution in [0.25, 0.3) is 0 Å². The van der Waals surface area contributed by atoms with Gasteiger partial charge < -0.3 is 20.5 Å². The molecule has 86 valence electrons. The third-order valence-electron chi connectivity index (χ3n) is 2.21. The van der Waals surface area contributed by atoms with Crippen LogP contribution in [0.4, 0.5) is 5.69 Å². The van der Waals surface area contributed by atoms with Crippen LogP contribution in [0.3, 0.4) is 0 Å². The molecular weight excluding hydrogens is 208 g/mol. The van der Waals surface area contributed by atoms with Crippen molar-refractivity contribution < 1.29 is 14.3 Å². The summed E-state index contributed by atoms with van der Waals surface area (Å²) in [5, 5.41) is 2.90. The molecule has 1 aliphatic rings. The number of amides is 1. The van der Waals surface area contributed by atoms with Gasteiger partial charge in [-0.1, -0.05) is 0 Å². The Labute approximate surface area is 93.5 Å². The fourth-order valence-electron chi connectivity index (χ4n) is 1.46. The number of nitrogens with one attached hydrogen (secondary N) is 1. The summed E-state index contributed by atoms with van der Waals surface area (Å²) >= 11 is 0. The van der Waals surface area contributed by atoms with Crippen LogP contribution < -0.4 is 20.5 Å². The van der Waals surface area contributed by atoms with E-state index in [0.29, 0.717) is 19.0 Å². The average molecular weight is 222 g/mol. The number of carbonyl (C=O) groups is 1. The Morgan fingerprint density at radius 2 is 2.06 bits per heavy atom. The molecule has 0 bridgehead atoms. The largest absolute Gasteiger partial charge is 0.490 e. The molecule has 0 spiro atoms. The predicted octanol–water partition coefficient (Wildman–Crippen LogP) is 0.745. The highest BCUT2D eigenvalue weighted by molar-refractivity contribution is 5.79. The highest BCUT2D eigenvalue weighted by Gasteiger charge is 2.10. The van der Waals surface area contributed by atoms with E-state index < -0.39 is 5.91 Å². The van der Waals surface area contributed by atoms with E-state index in [2.05, 4.69) is 5.32 Å². The van der Waals surface area contributed by atoms with Gasteiger partial charge in [0.1, 0.15) is 0 Å². The van der Waals surface area contributed by atoms with E-state index in [0.717, 1.165) is 17.9 Å². The van der Waals surface area contributed by atoms with Crippen LogP contribution in [0.2, 0.25) is 0 Å². The van der Waals surface area contributed by atoms with Crippen LogP contribution in [-0.4, -0.2) is 25.7 Å². The molecule has 0 unspecified atom stereocenters. The van der Waals surface area contributed by atoms with Gasteiger partial charge in [0.25, 0.3) is 0 Å². The molecule has 5 nitrogen and oxygen atoms in total. The molecule has 5 heteroatoms. The highest BCUT2D eigenvalue weighted by atomic mass is 16.5. The summed E-state index contributed by atoms with van der Waals surface area (Å²) in [6.07, 6.45) is 0.874. The highest BCUT2D eigenvalue weighted by Crippen LogP contribution is 2.32. The topological polar surface area (TPSA) is 73.6 Å². The van der Waals surface area contributed by atoms with Gasteiger partial charge in [0.2, 0.25) is 5.91 Å². The quantitative estimate of drug-likeness (QED) is 0.791. The Balaban J connectivity index is 2.11. The minimum absolute atomic E-state index is 0.111. The Hall–Kier alpha value is -1.91.